The summed E-state index contributed by atoms with van der Waals surface area (Å²) in [5, 5.41) is 15.8. The zero-order valence-corrected chi connectivity index (χ0v) is 10.6. The maximum Gasteiger partial charge on any atom is 0.309 e. The summed E-state index contributed by atoms with van der Waals surface area (Å²) in [6.45, 7) is -0.141. The van der Waals surface area contributed by atoms with E-state index in [1.807, 2.05) is 16.8 Å². The molecule has 2 aromatic heterocycles. The van der Waals surface area contributed by atoms with E-state index in [1.54, 1.807) is 12.1 Å². The molecular weight excluding hydrogens is 268 g/mol. The summed E-state index contributed by atoms with van der Waals surface area (Å²) >= 11 is 1.54. The van der Waals surface area contributed by atoms with E-state index in [0.29, 0.717) is 11.5 Å². The second-order valence-corrected chi connectivity index (χ2v) is 4.58. The molecule has 0 saturated heterocycles. The van der Waals surface area contributed by atoms with Gasteiger partial charge in [0.15, 0.2) is 0 Å². The standard InChI is InChI=1S/C12H12N2O4S/c13-11(16)12(17)14-5-8(15)10-2-1-9(18-10)7-3-4-19-6-7/h1-4,6,8,15H,5H2,(H2,13,16)(H,14,17)/t8-/m1/s1. The molecule has 100 valence electrons. The van der Waals surface area contributed by atoms with Gasteiger partial charge >= 0.3 is 11.8 Å². The number of carbonyl (C=O) groups is 2. The smallest absolute Gasteiger partial charge is 0.309 e. The van der Waals surface area contributed by atoms with Crippen molar-refractivity contribution in [3.8, 4) is 11.3 Å². The number of hydrogen-bond donors (Lipinski definition) is 3. The van der Waals surface area contributed by atoms with Crippen LogP contribution in [0.4, 0.5) is 0 Å². The number of aliphatic hydroxyl groups is 1. The van der Waals surface area contributed by atoms with E-state index in [4.69, 9.17) is 10.2 Å². The molecule has 6 nitrogen and oxygen atoms in total. The summed E-state index contributed by atoms with van der Waals surface area (Å²) in [7, 11) is 0. The van der Waals surface area contributed by atoms with Crippen LogP contribution in [0.15, 0.2) is 33.4 Å². The Morgan fingerprint density at radius 2 is 2.21 bits per heavy atom. The molecular formula is C12H12N2O4S. The van der Waals surface area contributed by atoms with Crippen LogP contribution in [0.25, 0.3) is 11.3 Å². The minimum Gasteiger partial charge on any atom is -0.458 e. The van der Waals surface area contributed by atoms with Crippen LogP contribution in [0, 0.1) is 0 Å². The normalized spacial score (nSPS) is 12.1. The van der Waals surface area contributed by atoms with Crippen LogP contribution in [0.2, 0.25) is 0 Å². The van der Waals surface area contributed by atoms with E-state index >= 15 is 0 Å². The number of thiophene rings is 1. The Balaban J connectivity index is 1.98. The van der Waals surface area contributed by atoms with Crippen molar-refractivity contribution < 1.29 is 19.1 Å². The molecule has 0 radical (unpaired) electrons. The topological polar surface area (TPSA) is 106 Å². The van der Waals surface area contributed by atoms with Gasteiger partial charge in [-0.1, -0.05) is 0 Å². The fourth-order valence-electron chi connectivity index (χ4n) is 1.47. The molecule has 2 amide bonds. The van der Waals surface area contributed by atoms with Crippen molar-refractivity contribution in [2.45, 2.75) is 6.10 Å². The molecule has 0 aliphatic carbocycles. The second kappa shape index (κ2) is 5.68. The highest BCUT2D eigenvalue weighted by atomic mass is 32.1. The summed E-state index contributed by atoms with van der Waals surface area (Å²) in [4.78, 5) is 21.5. The molecule has 0 spiro atoms. The van der Waals surface area contributed by atoms with Gasteiger partial charge in [-0.25, -0.2) is 0 Å². The molecule has 0 unspecified atom stereocenters. The van der Waals surface area contributed by atoms with Gasteiger partial charge in [0.25, 0.3) is 0 Å². The predicted octanol–water partition coefficient (Wildman–Crippen LogP) is 0.643. The first-order valence-electron chi connectivity index (χ1n) is 5.46. The SMILES string of the molecule is NC(=O)C(=O)NC[C@@H](O)c1ccc(-c2ccsc2)o1. The number of amides is 2. The first-order valence-corrected chi connectivity index (χ1v) is 6.40. The lowest BCUT2D eigenvalue weighted by Gasteiger charge is -2.08. The molecule has 0 aromatic carbocycles. The van der Waals surface area contributed by atoms with Gasteiger partial charge in [0.1, 0.15) is 17.6 Å². The number of rotatable bonds is 4. The quantitative estimate of drug-likeness (QED) is 0.715. The predicted molar refractivity (Wildman–Crippen MR) is 69.2 cm³/mol. The summed E-state index contributed by atoms with van der Waals surface area (Å²) in [5.41, 5.74) is 5.70. The van der Waals surface area contributed by atoms with E-state index in [2.05, 4.69) is 5.32 Å². The highest BCUT2D eigenvalue weighted by Crippen LogP contribution is 2.26. The second-order valence-electron chi connectivity index (χ2n) is 3.80. The third-order valence-corrected chi connectivity index (χ3v) is 3.12. The number of furan rings is 1. The van der Waals surface area contributed by atoms with Crippen molar-refractivity contribution in [2.24, 2.45) is 5.73 Å². The van der Waals surface area contributed by atoms with Gasteiger partial charge < -0.3 is 20.6 Å². The molecule has 0 fully saturated rings. The Hall–Kier alpha value is -2.12. The van der Waals surface area contributed by atoms with Crippen molar-refractivity contribution in [3.63, 3.8) is 0 Å². The van der Waals surface area contributed by atoms with Gasteiger partial charge in [0.05, 0.1) is 6.54 Å². The van der Waals surface area contributed by atoms with Crippen molar-refractivity contribution in [3.05, 3.63) is 34.7 Å². The highest BCUT2D eigenvalue weighted by Gasteiger charge is 2.16. The minimum atomic E-state index is -1.09. The number of nitrogens with two attached hydrogens (primary N) is 1. The highest BCUT2D eigenvalue weighted by molar-refractivity contribution is 7.08. The van der Waals surface area contributed by atoms with Crippen molar-refractivity contribution >= 4 is 23.2 Å². The zero-order valence-electron chi connectivity index (χ0n) is 9.83. The van der Waals surface area contributed by atoms with Crippen LogP contribution in [-0.4, -0.2) is 23.5 Å². The molecule has 0 bridgehead atoms. The lowest BCUT2D eigenvalue weighted by atomic mass is 10.2. The first-order chi connectivity index (χ1) is 9.08. The van der Waals surface area contributed by atoms with Gasteiger partial charge in [-0.2, -0.15) is 11.3 Å². The molecule has 19 heavy (non-hydrogen) atoms. The number of carbonyl (C=O) groups excluding carboxylic acids is 2. The van der Waals surface area contributed by atoms with Crippen molar-refractivity contribution in [1.82, 2.24) is 5.32 Å². The van der Waals surface area contributed by atoms with Gasteiger partial charge in [0, 0.05) is 10.9 Å². The Bertz CT molecular complexity index is 576. The first kappa shape index (κ1) is 13.3. The number of aliphatic hydroxyl groups excluding tert-OH is 1. The monoisotopic (exact) mass is 280 g/mol. The summed E-state index contributed by atoms with van der Waals surface area (Å²) in [6, 6.07) is 5.25. The summed E-state index contributed by atoms with van der Waals surface area (Å²) in [6.07, 6.45) is -1.03. The van der Waals surface area contributed by atoms with Crippen LogP contribution in [-0.2, 0) is 9.59 Å². The number of primary amides is 1. The average molecular weight is 280 g/mol. The van der Waals surface area contributed by atoms with Crippen LogP contribution in [0.1, 0.15) is 11.9 Å². The molecule has 0 saturated carbocycles. The van der Waals surface area contributed by atoms with Crippen LogP contribution >= 0.6 is 11.3 Å². The summed E-state index contributed by atoms with van der Waals surface area (Å²) in [5.74, 6) is -1.09. The Kier molecular flexibility index (Phi) is 3.98. The van der Waals surface area contributed by atoms with Gasteiger partial charge in [0.2, 0.25) is 0 Å². The zero-order chi connectivity index (χ0) is 13.8. The maximum atomic E-state index is 10.9. The van der Waals surface area contributed by atoms with Crippen molar-refractivity contribution in [2.75, 3.05) is 6.54 Å². The molecule has 0 aliphatic heterocycles. The lowest BCUT2D eigenvalue weighted by Crippen LogP contribution is -2.38. The fourth-order valence-corrected chi connectivity index (χ4v) is 2.11. The minimum absolute atomic E-state index is 0.141. The molecule has 1 atom stereocenters. The van der Waals surface area contributed by atoms with Gasteiger partial charge in [-0.15, -0.1) is 0 Å². The lowest BCUT2D eigenvalue weighted by molar-refractivity contribution is -0.137. The Morgan fingerprint density at radius 1 is 1.42 bits per heavy atom. The number of hydrogen-bond acceptors (Lipinski definition) is 5. The summed E-state index contributed by atoms with van der Waals surface area (Å²) < 4.78 is 5.47. The molecule has 4 N–H and O–H groups in total. The molecule has 2 aromatic rings. The average Bonchev–Trinajstić information content (AvgIpc) is 3.04. The van der Waals surface area contributed by atoms with E-state index in [9.17, 15) is 14.7 Å². The maximum absolute atomic E-state index is 10.9. The van der Waals surface area contributed by atoms with Crippen LogP contribution in [0.5, 0.6) is 0 Å². The molecule has 7 heteroatoms. The third kappa shape index (κ3) is 3.21. The van der Waals surface area contributed by atoms with Crippen molar-refractivity contribution in [1.29, 1.82) is 0 Å². The molecule has 0 aliphatic rings. The Labute approximate surface area is 112 Å². The fraction of sp³-hybridized carbons (Fsp3) is 0.167. The van der Waals surface area contributed by atoms with Crippen LogP contribution in [0.3, 0.4) is 0 Å². The van der Waals surface area contributed by atoms with E-state index in [0.717, 1.165) is 5.56 Å². The van der Waals surface area contributed by atoms with E-state index in [1.165, 1.54) is 11.3 Å². The molecule has 2 heterocycles. The Morgan fingerprint density at radius 3 is 2.84 bits per heavy atom. The largest absolute Gasteiger partial charge is 0.458 e. The van der Waals surface area contributed by atoms with E-state index < -0.39 is 17.9 Å². The van der Waals surface area contributed by atoms with E-state index in [-0.39, 0.29) is 6.54 Å². The van der Waals surface area contributed by atoms with Gasteiger partial charge in [-0.05, 0) is 23.6 Å². The van der Waals surface area contributed by atoms with Crippen LogP contribution < -0.4 is 11.1 Å². The van der Waals surface area contributed by atoms with Gasteiger partial charge in [-0.3, -0.25) is 9.59 Å². The molecule has 2 rings (SSSR count). The number of nitrogens with one attached hydrogen (secondary N) is 1. The third-order valence-electron chi connectivity index (χ3n) is 2.44.